The zero-order valence-electron chi connectivity index (χ0n) is 15.0. The Bertz CT molecular complexity index is 924. The molecule has 0 heterocycles. The van der Waals surface area contributed by atoms with E-state index in [0.717, 1.165) is 16.9 Å². The molecule has 0 aliphatic rings. The molecule has 0 saturated heterocycles. The highest BCUT2D eigenvalue weighted by Crippen LogP contribution is 2.21. The van der Waals surface area contributed by atoms with Crippen molar-refractivity contribution < 1.29 is 14.3 Å². The number of nitrogens with zero attached hydrogens (tertiary/aromatic N) is 1. The Labute approximate surface area is 158 Å². The van der Waals surface area contributed by atoms with Crippen molar-refractivity contribution in [2.24, 2.45) is 5.10 Å². The predicted molar refractivity (Wildman–Crippen MR) is 105 cm³/mol. The van der Waals surface area contributed by atoms with Gasteiger partial charge in [0.05, 0.1) is 6.21 Å². The maximum Gasteiger partial charge on any atom is 0.277 e. The van der Waals surface area contributed by atoms with E-state index in [9.17, 15) is 4.79 Å². The van der Waals surface area contributed by atoms with E-state index in [1.54, 1.807) is 6.21 Å². The Balaban J connectivity index is 1.50. The third-order valence-corrected chi connectivity index (χ3v) is 3.60. The van der Waals surface area contributed by atoms with Gasteiger partial charge in [-0.1, -0.05) is 42.5 Å². The number of benzene rings is 3. The van der Waals surface area contributed by atoms with Crippen molar-refractivity contribution in [1.82, 2.24) is 5.43 Å². The van der Waals surface area contributed by atoms with Gasteiger partial charge in [-0.2, -0.15) is 5.10 Å². The van der Waals surface area contributed by atoms with Crippen LogP contribution in [0.1, 0.15) is 11.1 Å². The molecule has 0 saturated carbocycles. The Morgan fingerprint density at radius 3 is 2.48 bits per heavy atom. The number of nitrogens with one attached hydrogen (secondary N) is 1. The fraction of sp³-hybridized carbons (Fsp3) is 0.0909. The van der Waals surface area contributed by atoms with E-state index in [0.29, 0.717) is 11.5 Å². The van der Waals surface area contributed by atoms with E-state index in [2.05, 4.69) is 10.5 Å². The van der Waals surface area contributed by atoms with Gasteiger partial charge in [0, 0.05) is 0 Å². The highest BCUT2D eigenvalue weighted by Gasteiger charge is 2.02. The molecule has 0 atom stereocenters. The Morgan fingerprint density at radius 2 is 1.67 bits per heavy atom. The average molecular weight is 360 g/mol. The molecule has 136 valence electrons. The second kappa shape index (κ2) is 9.20. The predicted octanol–water partition coefficient (Wildman–Crippen LogP) is 4.32. The number of amides is 1. The zero-order chi connectivity index (χ0) is 18.9. The lowest BCUT2D eigenvalue weighted by molar-refractivity contribution is -0.123. The summed E-state index contributed by atoms with van der Waals surface area (Å²) < 4.78 is 11.2. The van der Waals surface area contributed by atoms with Crippen molar-refractivity contribution >= 4 is 12.1 Å². The minimum absolute atomic E-state index is 0.0993. The smallest absolute Gasteiger partial charge is 0.277 e. The third kappa shape index (κ3) is 6.01. The van der Waals surface area contributed by atoms with Gasteiger partial charge in [-0.15, -0.1) is 0 Å². The molecule has 0 unspecified atom stereocenters. The van der Waals surface area contributed by atoms with Crippen LogP contribution < -0.4 is 14.9 Å². The number of ether oxygens (including phenoxy) is 2. The van der Waals surface area contributed by atoms with Gasteiger partial charge in [0.15, 0.2) is 6.61 Å². The SMILES string of the molecule is Cc1cccc(OCC(=O)NN=Cc2cccc(Oc3ccccc3)c2)c1. The summed E-state index contributed by atoms with van der Waals surface area (Å²) >= 11 is 0. The van der Waals surface area contributed by atoms with Crippen LogP contribution in [0.4, 0.5) is 0 Å². The summed E-state index contributed by atoms with van der Waals surface area (Å²) in [7, 11) is 0. The lowest BCUT2D eigenvalue weighted by atomic mass is 10.2. The monoisotopic (exact) mass is 360 g/mol. The van der Waals surface area contributed by atoms with Gasteiger partial charge < -0.3 is 9.47 Å². The number of carbonyl (C=O) groups excluding carboxylic acids is 1. The molecule has 27 heavy (non-hydrogen) atoms. The van der Waals surface area contributed by atoms with Crippen LogP contribution in [0.3, 0.4) is 0 Å². The minimum Gasteiger partial charge on any atom is -0.484 e. The molecule has 0 spiro atoms. The molecule has 0 aliphatic carbocycles. The first-order valence-electron chi connectivity index (χ1n) is 8.53. The summed E-state index contributed by atoms with van der Waals surface area (Å²) in [6, 6.07) is 24.5. The number of hydrazone groups is 1. The Kier molecular flexibility index (Phi) is 6.20. The van der Waals surface area contributed by atoms with Gasteiger partial charge in [-0.3, -0.25) is 4.79 Å². The Morgan fingerprint density at radius 1 is 0.926 bits per heavy atom. The first-order valence-corrected chi connectivity index (χ1v) is 8.53. The number of aryl methyl sites for hydroxylation is 1. The van der Waals surface area contributed by atoms with Crippen molar-refractivity contribution in [3.8, 4) is 17.2 Å². The molecule has 0 fully saturated rings. The lowest BCUT2D eigenvalue weighted by Gasteiger charge is -2.06. The van der Waals surface area contributed by atoms with Gasteiger partial charge >= 0.3 is 0 Å². The van der Waals surface area contributed by atoms with Gasteiger partial charge in [0.25, 0.3) is 5.91 Å². The van der Waals surface area contributed by atoms with Crippen LogP contribution in [0.25, 0.3) is 0 Å². The van der Waals surface area contributed by atoms with E-state index in [1.165, 1.54) is 0 Å². The fourth-order valence-electron chi connectivity index (χ4n) is 2.35. The highest BCUT2D eigenvalue weighted by molar-refractivity contribution is 5.83. The largest absolute Gasteiger partial charge is 0.484 e. The van der Waals surface area contributed by atoms with Gasteiger partial charge in [-0.25, -0.2) is 5.43 Å². The van der Waals surface area contributed by atoms with Gasteiger partial charge in [-0.05, 0) is 54.4 Å². The van der Waals surface area contributed by atoms with E-state index >= 15 is 0 Å². The quantitative estimate of drug-likeness (QED) is 0.504. The van der Waals surface area contributed by atoms with Crippen molar-refractivity contribution in [1.29, 1.82) is 0 Å². The normalized spacial score (nSPS) is 10.6. The third-order valence-electron chi connectivity index (χ3n) is 3.60. The van der Waals surface area contributed by atoms with Gasteiger partial charge in [0.1, 0.15) is 17.2 Å². The molecule has 1 amide bonds. The fourth-order valence-corrected chi connectivity index (χ4v) is 2.35. The lowest BCUT2D eigenvalue weighted by Crippen LogP contribution is -2.24. The molecule has 3 aromatic carbocycles. The minimum atomic E-state index is -0.329. The maximum absolute atomic E-state index is 11.8. The van der Waals surface area contributed by atoms with Crippen LogP contribution in [-0.2, 0) is 4.79 Å². The molecular weight excluding hydrogens is 340 g/mol. The Hall–Kier alpha value is -3.60. The molecule has 0 aliphatic heterocycles. The summed E-state index contributed by atoms with van der Waals surface area (Å²) in [6.07, 6.45) is 1.56. The summed E-state index contributed by atoms with van der Waals surface area (Å²) in [5.41, 5.74) is 4.33. The maximum atomic E-state index is 11.8. The highest BCUT2D eigenvalue weighted by atomic mass is 16.5. The van der Waals surface area contributed by atoms with Crippen LogP contribution in [0.15, 0.2) is 84.0 Å². The zero-order valence-corrected chi connectivity index (χ0v) is 15.0. The molecule has 3 rings (SSSR count). The summed E-state index contributed by atoms with van der Waals surface area (Å²) in [5.74, 6) is 1.77. The number of carbonyl (C=O) groups is 1. The molecule has 0 bridgehead atoms. The second-order valence-corrected chi connectivity index (χ2v) is 5.89. The van der Waals surface area contributed by atoms with E-state index < -0.39 is 0 Å². The summed E-state index contributed by atoms with van der Waals surface area (Å²) in [4.78, 5) is 11.8. The molecule has 0 radical (unpaired) electrons. The summed E-state index contributed by atoms with van der Waals surface area (Å²) in [6.45, 7) is 1.87. The van der Waals surface area contributed by atoms with Crippen LogP contribution >= 0.6 is 0 Å². The summed E-state index contributed by atoms with van der Waals surface area (Å²) in [5, 5.41) is 3.96. The molecule has 5 heteroatoms. The molecule has 5 nitrogen and oxygen atoms in total. The average Bonchev–Trinajstić information content (AvgIpc) is 2.68. The molecule has 3 aromatic rings. The second-order valence-electron chi connectivity index (χ2n) is 5.89. The van der Waals surface area contributed by atoms with Crippen LogP contribution in [-0.4, -0.2) is 18.7 Å². The first-order chi connectivity index (χ1) is 13.2. The first kappa shape index (κ1) is 18.2. The number of rotatable bonds is 7. The van der Waals surface area contributed by atoms with Crippen LogP contribution in [0.5, 0.6) is 17.2 Å². The molecular formula is C22H20N2O3. The number of para-hydroxylation sites is 1. The van der Waals surface area contributed by atoms with E-state index in [1.807, 2.05) is 85.8 Å². The molecule has 0 aromatic heterocycles. The van der Waals surface area contributed by atoms with Crippen LogP contribution in [0.2, 0.25) is 0 Å². The van der Waals surface area contributed by atoms with E-state index in [4.69, 9.17) is 9.47 Å². The number of hydrogen-bond acceptors (Lipinski definition) is 4. The van der Waals surface area contributed by atoms with Crippen molar-refractivity contribution in [2.45, 2.75) is 6.92 Å². The van der Waals surface area contributed by atoms with Crippen LogP contribution in [0, 0.1) is 6.92 Å². The number of hydrogen-bond donors (Lipinski definition) is 1. The van der Waals surface area contributed by atoms with Gasteiger partial charge in [0.2, 0.25) is 0 Å². The molecule has 1 N–H and O–H groups in total. The van der Waals surface area contributed by atoms with Crippen molar-refractivity contribution in [3.63, 3.8) is 0 Å². The van der Waals surface area contributed by atoms with Crippen molar-refractivity contribution in [3.05, 3.63) is 90.0 Å². The van der Waals surface area contributed by atoms with E-state index in [-0.39, 0.29) is 12.5 Å². The van der Waals surface area contributed by atoms with Crippen molar-refractivity contribution in [2.75, 3.05) is 6.61 Å². The topological polar surface area (TPSA) is 59.9 Å². The standard InChI is InChI=1S/C22H20N2O3/c1-17-7-5-11-20(13-17)26-16-22(25)24-23-15-18-8-6-12-21(14-18)27-19-9-3-2-4-10-19/h2-15H,16H2,1H3,(H,24,25).